The van der Waals surface area contributed by atoms with Gasteiger partial charge in [-0.2, -0.15) is 0 Å². The third-order valence-electron chi connectivity index (χ3n) is 9.90. The Bertz CT molecular complexity index is 679. The molecule has 3 fully saturated rings. The Morgan fingerprint density at radius 2 is 0.683 bits per heavy atom. The SMILES string of the molecule is CCOC1CC(C)(C)N(C)C(C)(C)C1.CCOC1CC(C)(C)N(C)C(C)(C)C1.CCOC1CC(C)(C)NC(C)(C)C1. The van der Waals surface area contributed by atoms with E-state index >= 15 is 0 Å². The lowest BCUT2D eigenvalue weighted by Gasteiger charge is -2.53. The van der Waals surface area contributed by atoms with Crippen LogP contribution in [0.1, 0.15) is 142 Å². The van der Waals surface area contributed by atoms with E-state index in [4.69, 9.17) is 14.2 Å². The Morgan fingerprint density at radius 3 is 0.902 bits per heavy atom. The maximum atomic E-state index is 5.78. The van der Waals surface area contributed by atoms with Crippen LogP contribution in [0.3, 0.4) is 0 Å². The number of nitrogens with one attached hydrogen (secondary N) is 1. The van der Waals surface area contributed by atoms with Crippen molar-refractivity contribution in [1.82, 2.24) is 15.1 Å². The summed E-state index contributed by atoms with van der Waals surface area (Å²) in [4.78, 5) is 4.96. The van der Waals surface area contributed by atoms with Crippen molar-refractivity contribution in [2.75, 3.05) is 33.9 Å². The largest absolute Gasteiger partial charge is 0.378 e. The highest BCUT2D eigenvalue weighted by Crippen LogP contribution is 2.39. The molecule has 246 valence electrons. The molecular weight excluding hydrogens is 510 g/mol. The van der Waals surface area contributed by atoms with Gasteiger partial charge >= 0.3 is 0 Å². The molecule has 3 aliphatic heterocycles. The van der Waals surface area contributed by atoms with Gasteiger partial charge in [-0.25, -0.2) is 0 Å². The molecule has 3 rings (SSSR count). The second-order valence-electron chi connectivity index (χ2n) is 16.7. The molecule has 0 amide bonds. The molecule has 6 heteroatoms. The summed E-state index contributed by atoms with van der Waals surface area (Å²) >= 11 is 0. The second-order valence-corrected chi connectivity index (χ2v) is 16.7. The van der Waals surface area contributed by atoms with Gasteiger partial charge in [0.05, 0.1) is 18.3 Å². The van der Waals surface area contributed by atoms with Crippen molar-refractivity contribution in [2.24, 2.45) is 0 Å². The van der Waals surface area contributed by atoms with Gasteiger partial charge in [0, 0.05) is 53.1 Å². The maximum Gasteiger partial charge on any atom is 0.0609 e. The molecule has 0 bridgehead atoms. The van der Waals surface area contributed by atoms with E-state index in [0.717, 1.165) is 58.3 Å². The third kappa shape index (κ3) is 12.0. The van der Waals surface area contributed by atoms with Crippen LogP contribution in [0, 0.1) is 0 Å². The number of rotatable bonds is 6. The van der Waals surface area contributed by atoms with Gasteiger partial charge in [-0.3, -0.25) is 9.80 Å². The Hall–Kier alpha value is -0.240. The molecule has 0 saturated carbocycles. The Balaban J connectivity index is 0.000000308. The molecular formula is C35H73N3O3. The molecule has 3 heterocycles. The minimum atomic E-state index is 0.210. The van der Waals surface area contributed by atoms with Gasteiger partial charge in [0.25, 0.3) is 0 Å². The van der Waals surface area contributed by atoms with Gasteiger partial charge in [0.15, 0.2) is 0 Å². The summed E-state index contributed by atoms with van der Waals surface area (Å²) in [5.74, 6) is 0. The summed E-state index contributed by atoms with van der Waals surface area (Å²) in [7, 11) is 4.45. The summed E-state index contributed by atoms with van der Waals surface area (Å²) in [5.41, 5.74) is 1.43. The number of piperidine rings is 3. The Morgan fingerprint density at radius 1 is 0.463 bits per heavy atom. The molecule has 1 N–H and O–H groups in total. The van der Waals surface area contributed by atoms with E-state index in [1.807, 2.05) is 0 Å². The zero-order chi connectivity index (χ0) is 32.1. The van der Waals surface area contributed by atoms with Crippen LogP contribution < -0.4 is 5.32 Å². The minimum Gasteiger partial charge on any atom is -0.378 e. The summed E-state index contributed by atoms with van der Waals surface area (Å²) < 4.78 is 17.3. The van der Waals surface area contributed by atoms with Gasteiger partial charge in [-0.05, 0) is 156 Å². The van der Waals surface area contributed by atoms with Crippen molar-refractivity contribution in [1.29, 1.82) is 0 Å². The highest BCUT2D eigenvalue weighted by Gasteiger charge is 2.44. The Kier molecular flexibility index (Phi) is 13.9. The number of likely N-dealkylation sites (tertiary alicyclic amines) is 2. The van der Waals surface area contributed by atoms with Crippen molar-refractivity contribution >= 4 is 0 Å². The molecule has 0 aromatic rings. The fourth-order valence-electron chi connectivity index (χ4n) is 7.85. The van der Waals surface area contributed by atoms with E-state index in [0.29, 0.717) is 18.3 Å². The maximum absolute atomic E-state index is 5.78. The first kappa shape index (κ1) is 38.8. The standard InChI is InChI=1S/2C12H25NO.C11H23NO/c2*1-7-14-10-8-11(2,3)13(6)12(4,5)9-10;1-6-13-9-7-10(2,3)12-11(4,5)8-9/h2*10H,7-9H2,1-6H3;9,12H,6-8H2,1-5H3. The van der Waals surface area contributed by atoms with Crippen LogP contribution in [0.5, 0.6) is 0 Å². The fourth-order valence-corrected chi connectivity index (χ4v) is 7.85. The first-order valence-corrected chi connectivity index (χ1v) is 16.6. The quantitative estimate of drug-likeness (QED) is 0.346. The fraction of sp³-hybridized carbons (Fsp3) is 1.00. The summed E-state index contributed by atoms with van der Waals surface area (Å²) in [6.45, 7) is 36.2. The molecule has 0 aromatic carbocycles. The van der Waals surface area contributed by atoms with Crippen LogP contribution in [-0.4, -0.2) is 95.3 Å². The lowest BCUT2D eigenvalue weighted by atomic mass is 9.79. The summed E-state index contributed by atoms with van der Waals surface area (Å²) in [6, 6.07) is 0. The van der Waals surface area contributed by atoms with Gasteiger partial charge in [0.1, 0.15) is 0 Å². The highest BCUT2D eigenvalue weighted by molar-refractivity contribution is 5.00. The lowest BCUT2D eigenvalue weighted by Crippen LogP contribution is -2.60. The molecule has 0 unspecified atom stereocenters. The van der Waals surface area contributed by atoms with Crippen LogP contribution in [-0.2, 0) is 14.2 Å². The molecule has 41 heavy (non-hydrogen) atoms. The number of ether oxygens (including phenoxy) is 3. The average molecular weight is 584 g/mol. The average Bonchev–Trinajstić information content (AvgIpc) is 2.74. The summed E-state index contributed by atoms with van der Waals surface area (Å²) in [5, 5.41) is 3.64. The van der Waals surface area contributed by atoms with Crippen molar-refractivity contribution < 1.29 is 14.2 Å². The van der Waals surface area contributed by atoms with Gasteiger partial charge in [-0.1, -0.05) is 0 Å². The van der Waals surface area contributed by atoms with Crippen molar-refractivity contribution in [3.8, 4) is 0 Å². The number of nitrogens with zero attached hydrogens (tertiary/aromatic N) is 2. The number of hydrogen-bond acceptors (Lipinski definition) is 6. The lowest BCUT2D eigenvalue weighted by molar-refractivity contribution is -0.0891. The monoisotopic (exact) mass is 584 g/mol. The van der Waals surface area contributed by atoms with E-state index in [2.05, 4.69) is 133 Å². The zero-order valence-corrected chi connectivity index (χ0v) is 30.7. The van der Waals surface area contributed by atoms with Crippen LogP contribution in [0.25, 0.3) is 0 Å². The summed E-state index contributed by atoms with van der Waals surface area (Å²) in [6.07, 6.45) is 8.08. The van der Waals surface area contributed by atoms with Crippen LogP contribution in [0.4, 0.5) is 0 Å². The predicted octanol–water partition coefficient (Wildman–Crippen LogP) is 7.68. The molecule has 0 aromatic heterocycles. The predicted molar refractivity (Wildman–Crippen MR) is 177 cm³/mol. The topological polar surface area (TPSA) is 46.2 Å². The van der Waals surface area contributed by atoms with E-state index < -0.39 is 0 Å². The van der Waals surface area contributed by atoms with Crippen LogP contribution >= 0.6 is 0 Å². The van der Waals surface area contributed by atoms with E-state index in [-0.39, 0.29) is 33.2 Å². The molecule has 3 aliphatic rings. The van der Waals surface area contributed by atoms with Gasteiger partial charge in [0.2, 0.25) is 0 Å². The highest BCUT2D eigenvalue weighted by atomic mass is 16.5. The van der Waals surface area contributed by atoms with Gasteiger partial charge in [-0.15, -0.1) is 0 Å². The minimum absolute atomic E-state index is 0.210. The van der Waals surface area contributed by atoms with Crippen molar-refractivity contribution in [3.05, 3.63) is 0 Å². The molecule has 0 spiro atoms. The van der Waals surface area contributed by atoms with Gasteiger partial charge < -0.3 is 19.5 Å². The molecule has 0 atom stereocenters. The normalized spacial score (nSPS) is 27.7. The van der Waals surface area contributed by atoms with Crippen molar-refractivity contribution in [2.45, 2.75) is 194 Å². The van der Waals surface area contributed by atoms with Crippen molar-refractivity contribution in [3.63, 3.8) is 0 Å². The molecule has 0 radical (unpaired) electrons. The first-order chi connectivity index (χ1) is 18.4. The molecule has 6 nitrogen and oxygen atoms in total. The molecule has 0 aliphatic carbocycles. The number of hydrogen-bond donors (Lipinski definition) is 1. The zero-order valence-electron chi connectivity index (χ0n) is 30.7. The smallest absolute Gasteiger partial charge is 0.0609 e. The first-order valence-electron chi connectivity index (χ1n) is 16.6. The van der Waals surface area contributed by atoms with Crippen LogP contribution in [0.15, 0.2) is 0 Å². The van der Waals surface area contributed by atoms with Crippen LogP contribution in [0.2, 0.25) is 0 Å². The third-order valence-corrected chi connectivity index (χ3v) is 9.90. The Labute approximate surface area is 257 Å². The second kappa shape index (κ2) is 14.7. The van der Waals surface area contributed by atoms with E-state index in [1.165, 1.54) is 0 Å². The van der Waals surface area contributed by atoms with E-state index in [9.17, 15) is 0 Å². The van der Waals surface area contributed by atoms with E-state index in [1.54, 1.807) is 0 Å². The molecule has 3 saturated heterocycles.